The van der Waals surface area contributed by atoms with Crippen LogP contribution in [0.1, 0.15) is 11.1 Å². The predicted molar refractivity (Wildman–Crippen MR) is 116 cm³/mol. The van der Waals surface area contributed by atoms with Crippen LogP contribution in [0.4, 0.5) is 26.3 Å². The standard InChI is InChI=1S/C24H18F6N4/c25-17-5-11(6-18(26)21(17)29)15-9-23(31,32)3-1-13(15)14-2-4-24(33,34)10-16(14)12-7-19(27)22(30)20(28)8-12/h1-10H,31-34H2. The van der Waals surface area contributed by atoms with Crippen molar-refractivity contribution in [1.29, 1.82) is 0 Å². The van der Waals surface area contributed by atoms with Crippen molar-refractivity contribution in [2.24, 2.45) is 22.9 Å². The third-order valence-electron chi connectivity index (χ3n) is 5.33. The molecular formula is C24H18F6N4. The van der Waals surface area contributed by atoms with Gasteiger partial charge in [-0.2, -0.15) is 0 Å². The third kappa shape index (κ3) is 4.36. The van der Waals surface area contributed by atoms with Crippen LogP contribution in [0, 0.1) is 34.9 Å². The van der Waals surface area contributed by atoms with E-state index in [9.17, 15) is 26.3 Å². The zero-order valence-corrected chi connectivity index (χ0v) is 17.4. The normalized spacial score (nSPS) is 20.9. The maximum absolute atomic E-state index is 14.0. The summed E-state index contributed by atoms with van der Waals surface area (Å²) in [5.41, 5.74) is 21.3. The molecule has 0 unspecified atom stereocenters. The Bertz CT molecular complexity index is 1220. The highest BCUT2D eigenvalue weighted by Gasteiger charge is 2.29. The maximum atomic E-state index is 14.0. The second kappa shape index (κ2) is 8.10. The fourth-order valence-corrected chi connectivity index (χ4v) is 3.76. The highest BCUT2D eigenvalue weighted by atomic mass is 19.2. The molecule has 2 aliphatic rings. The molecule has 2 aliphatic carbocycles. The van der Waals surface area contributed by atoms with Crippen LogP contribution >= 0.6 is 0 Å². The van der Waals surface area contributed by atoms with Crippen LogP contribution in [0.5, 0.6) is 0 Å². The van der Waals surface area contributed by atoms with Gasteiger partial charge in [-0.05, 0) is 82.0 Å². The number of allylic oxidation sites excluding steroid dienone is 6. The first-order chi connectivity index (χ1) is 15.8. The molecule has 0 radical (unpaired) electrons. The second-order valence-electron chi connectivity index (χ2n) is 8.12. The first-order valence-corrected chi connectivity index (χ1v) is 9.82. The fraction of sp³-hybridized carbons (Fsp3) is 0.0833. The number of hydrogen-bond acceptors (Lipinski definition) is 4. The molecule has 0 heterocycles. The van der Waals surface area contributed by atoms with E-state index in [1.54, 1.807) is 0 Å². The zero-order valence-electron chi connectivity index (χ0n) is 17.4. The maximum Gasteiger partial charge on any atom is 0.194 e. The van der Waals surface area contributed by atoms with Gasteiger partial charge in [0.2, 0.25) is 0 Å². The second-order valence-corrected chi connectivity index (χ2v) is 8.12. The predicted octanol–water partition coefficient (Wildman–Crippen LogP) is 3.65. The summed E-state index contributed by atoms with van der Waals surface area (Å²) in [6.45, 7) is 0. The summed E-state index contributed by atoms with van der Waals surface area (Å²) in [6, 6.07) is 3.01. The van der Waals surface area contributed by atoms with Crippen molar-refractivity contribution in [3.8, 4) is 0 Å². The molecule has 0 aliphatic heterocycles. The minimum absolute atomic E-state index is 0.0976. The number of hydrogen-bond donors (Lipinski definition) is 4. The van der Waals surface area contributed by atoms with Crippen molar-refractivity contribution in [3.05, 3.63) is 118 Å². The molecule has 4 rings (SSSR count). The molecule has 0 atom stereocenters. The minimum Gasteiger partial charge on any atom is -0.307 e. The first kappa shape index (κ1) is 23.7. The summed E-state index contributed by atoms with van der Waals surface area (Å²) in [5.74, 6) is -9.12. The molecule has 2 aromatic carbocycles. The van der Waals surface area contributed by atoms with Gasteiger partial charge in [0.05, 0.1) is 0 Å². The molecule has 0 amide bonds. The molecule has 34 heavy (non-hydrogen) atoms. The van der Waals surface area contributed by atoms with Crippen molar-refractivity contribution in [2.45, 2.75) is 11.3 Å². The largest absolute Gasteiger partial charge is 0.307 e. The summed E-state index contributed by atoms with van der Waals surface area (Å²) >= 11 is 0. The molecule has 8 N–H and O–H groups in total. The van der Waals surface area contributed by atoms with E-state index >= 15 is 0 Å². The molecule has 0 fully saturated rings. The van der Waals surface area contributed by atoms with E-state index < -0.39 is 46.2 Å². The van der Waals surface area contributed by atoms with Gasteiger partial charge in [0.1, 0.15) is 11.3 Å². The van der Waals surface area contributed by atoms with Crippen molar-refractivity contribution >= 4 is 11.1 Å². The van der Waals surface area contributed by atoms with Gasteiger partial charge < -0.3 is 22.9 Å². The van der Waals surface area contributed by atoms with Gasteiger partial charge in [-0.1, -0.05) is 12.2 Å². The summed E-state index contributed by atoms with van der Waals surface area (Å²) in [6.07, 6.45) is 8.17. The van der Waals surface area contributed by atoms with Crippen molar-refractivity contribution in [1.82, 2.24) is 0 Å². The average Bonchev–Trinajstić information content (AvgIpc) is 2.74. The van der Waals surface area contributed by atoms with Crippen LogP contribution in [0.25, 0.3) is 11.1 Å². The Kier molecular flexibility index (Phi) is 5.65. The Balaban J connectivity index is 2.00. The van der Waals surface area contributed by atoms with Crippen LogP contribution in [-0.2, 0) is 0 Å². The van der Waals surface area contributed by atoms with Crippen LogP contribution in [0.3, 0.4) is 0 Å². The van der Waals surface area contributed by atoms with E-state index in [1.165, 1.54) is 36.5 Å². The van der Waals surface area contributed by atoms with Gasteiger partial charge in [0.15, 0.2) is 34.9 Å². The number of nitrogens with two attached hydrogens (primary N) is 4. The van der Waals surface area contributed by atoms with Gasteiger partial charge in [0, 0.05) is 0 Å². The van der Waals surface area contributed by atoms with E-state index in [-0.39, 0.29) is 33.4 Å². The van der Waals surface area contributed by atoms with Crippen molar-refractivity contribution in [3.63, 3.8) is 0 Å². The van der Waals surface area contributed by atoms with Crippen molar-refractivity contribution in [2.75, 3.05) is 0 Å². The molecule has 10 heteroatoms. The Labute approximate surface area is 190 Å². The lowest BCUT2D eigenvalue weighted by atomic mass is 9.80. The van der Waals surface area contributed by atoms with Gasteiger partial charge in [-0.15, -0.1) is 0 Å². The summed E-state index contributed by atoms with van der Waals surface area (Å²) in [7, 11) is 0. The monoisotopic (exact) mass is 476 g/mol. The minimum atomic E-state index is -1.66. The zero-order chi connectivity index (χ0) is 25.0. The highest BCUT2D eigenvalue weighted by molar-refractivity contribution is 5.95. The van der Waals surface area contributed by atoms with Crippen LogP contribution in [0.2, 0.25) is 0 Å². The molecule has 176 valence electrons. The lowest BCUT2D eigenvalue weighted by Gasteiger charge is -2.29. The Morgan fingerprint density at radius 1 is 0.500 bits per heavy atom. The Morgan fingerprint density at radius 3 is 1.09 bits per heavy atom. The van der Waals surface area contributed by atoms with Gasteiger partial charge in [0.25, 0.3) is 0 Å². The lowest BCUT2D eigenvalue weighted by molar-refractivity contribution is 0.446. The summed E-state index contributed by atoms with van der Waals surface area (Å²) in [4.78, 5) is 0. The molecule has 0 saturated carbocycles. The smallest absolute Gasteiger partial charge is 0.194 e. The Morgan fingerprint density at radius 2 is 0.794 bits per heavy atom. The quantitative estimate of drug-likeness (QED) is 0.302. The van der Waals surface area contributed by atoms with E-state index in [0.29, 0.717) is 0 Å². The fourth-order valence-electron chi connectivity index (χ4n) is 3.76. The number of halogens is 6. The number of benzene rings is 2. The molecule has 0 spiro atoms. The van der Waals surface area contributed by atoms with E-state index in [1.807, 2.05) is 0 Å². The average molecular weight is 476 g/mol. The van der Waals surface area contributed by atoms with Crippen LogP contribution in [-0.4, -0.2) is 11.3 Å². The molecule has 0 saturated heterocycles. The van der Waals surface area contributed by atoms with Crippen molar-refractivity contribution < 1.29 is 26.3 Å². The van der Waals surface area contributed by atoms with Gasteiger partial charge in [-0.25, -0.2) is 26.3 Å². The lowest BCUT2D eigenvalue weighted by Crippen LogP contribution is -2.47. The molecule has 0 bridgehead atoms. The first-order valence-electron chi connectivity index (χ1n) is 9.82. The molecular weight excluding hydrogens is 458 g/mol. The summed E-state index contributed by atoms with van der Waals surface area (Å²) in [5, 5.41) is 0. The molecule has 2 aromatic rings. The Hall–Kier alpha value is -3.44. The molecule has 4 nitrogen and oxygen atoms in total. The third-order valence-corrected chi connectivity index (χ3v) is 5.33. The van der Waals surface area contributed by atoms with E-state index in [2.05, 4.69) is 0 Å². The molecule has 0 aromatic heterocycles. The summed E-state index contributed by atoms with van der Waals surface area (Å²) < 4.78 is 83.2. The highest BCUT2D eigenvalue weighted by Crippen LogP contribution is 2.40. The van der Waals surface area contributed by atoms with Gasteiger partial charge >= 0.3 is 0 Å². The SMILES string of the molecule is NC1(N)C=CC(=C2C=CC(N)(N)C=C2c2cc(F)c(F)c(F)c2)C(c2cc(F)c(F)c(F)c2)=C1. The van der Waals surface area contributed by atoms with E-state index in [0.717, 1.165) is 24.3 Å². The van der Waals surface area contributed by atoms with Crippen LogP contribution < -0.4 is 22.9 Å². The van der Waals surface area contributed by atoms with Gasteiger partial charge in [-0.3, -0.25) is 0 Å². The topological polar surface area (TPSA) is 104 Å². The number of rotatable bonds is 2. The van der Waals surface area contributed by atoms with E-state index in [4.69, 9.17) is 22.9 Å². The van der Waals surface area contributed by atoms with Crippen LogP contribution in [0.15, 0.2) is 71.9 Å².